The van der Waals surface area contributed by atoms with Gasteiger partial charge in [0.2, 0.25) is 0 Å². The third-order valence-corrected chi connectivity index (χ3v) is 3.11. The summed E-state index contributed by atoms with van der Waals surface area (Å²) in [6.07, 6.45) is 4.49. The fraction of sp³-hybridized carbons (Fsp3) is 0.214. The number of benzene rings is 1. The average Bonchev–Trinajstić information content (AvgIpc) is 2.33. The van der Waals surface area contributed by atoms with Crippen molar-refractivity contribution in [3.8, 4) is 0 Å². The summed E-state index contributed by atoms with van der Waals surface area (Å²) < 4.78 is 1.06. The molecule has 0 aliphatic carbocycles. The number of aliphatic hydroxyl groups excluding tert-OH is 1. The normalized spacial score (nSPS) is 12.4. The van der Waals surface area contributed by atoms with Crippen LogP contribution < -0.4 is 0 Å². The molecular formula is C14H14BrNO. The van der Waals surface area contributed by atoms with E-state index in [1.54, 1.807) is 12.4 Å². The number of aromatic nitrogens is 1. The van der Waals surface area contributed by atoms with Gasteiger partial charge in [-0.05, 0) is 35.7 Å². The van der Waals surface area contributed by atoms with Crippen LogP contribution in [0.1, 0.15) is 11.1 Å². The zero-order valence-electron chi connectivity index (χ0n) is 9.38. The Hall–Kier alpha value is -1.19. The minimum Gasteiger partial charge on any atom is -0.392 e. The monoisotopic (exact) mass is 291 g/mol. The third-order valence-electron chi connectivity index (χ3n) is 2.58. The minimum atomic E-state index is -0.361. The molecule has 1 heterocycles. The van der Waals surface area contributed by atoms with Crippen LogP contribution in [-0.2, 0) is 12.8 Å². The number of hydrogen-bond donors (Lipinski definition) is 1. The lowest BCUT2D eigenvalue weighted by molar-refractivity contribution is 0.175. The van der Waals surface area contributed by atoms with Crippen molar-refractivity contribution in [3.05, 3.63) is 64.4 Å². The molecule has 2 aromatic rings. The standard InChI is InChI=1S/C14H14BrNO/c15-13-5-3-11(4-6-13)8-14(17)9-12-2-1-7-16-10-12/h1-7,10,14,17H,8-9H2. The summed E-state index contributed by atoms with van der Waals surface area (Å²) in [6, 6.07) is 11.9. The van der Waals surface area contributed by atoms with Gasteiger partial charge in [0.15, 0.2) is 0 Å². The van der Waals surface area contributed by atoms with Crippen LogP contribution in [0.5, 0.6) is 0 Å². The second kappa shape index (κ2) is 5.94. The molecule has 2 nitrogen and oxygen atoms in total. The molecule has 1 atom stereocenters. The van der Waals surface area contributed by atoms with Crippen LogP contribution >= 0.6 is 15.9 Å². The molecule has 1 N–H and O–H groups in total. The van der Waals surface area contributed by atoms with E-state index in [9.17, 15) is 5.11 Å². The molecule has 17 heavy (non-hydrogen) atoms. The largest absolute Gasteiger partial charge is 0.392 e. The van der Waals surface area contributed by atoms with Gasteiger partial charge in [0, 0.05) is 23.3 Å². The fourth-order valence-electron chi connectivity index (χ4n) is 1.76. The van der Waals surface area contributed by atoms with E-state index in [4.69, 9.17) is 0 Å². The Labute approximate surface area is 109 Å². The highest BCUT2D eigenvalue weighted by Gasteiger charge is 2.06. The summed E-state index contributed by atoms with van der Waals surface area (Å²) in [6.45, 7) is 0. The van der Waals surface area contributed by atoms with Gasteiger partial charge >= 0.3 is 0 Å². The number of pyridine rings is 1. The van der Waals surface area contributed by atoms with Gasteiger partial charge in [-0.3, -0.25) is 4.98 Å². The van der Waals surface area contributed by atoms with Crippen LogP contribution in [0.4, 0.5) is 0 Å². The molecule has 1 aromatic heterocycles. The predicted molar refractivity (Wildman–Crippen MR) is 71.8 cm³/mol. The molecule has 0 aliphatic rings. The Bertz CT molecular complexity index is 455. The maximum absolute atomic E-state index is 9.99. The van der Waals surface area contributed by atoms with E-state index in [2.05, 4.69) is 20.9 Å². The molecule has 0 saturated carbocycles. The SMILES string of the molecule is OC(Cc1ccc(Br)cc1)Cc1cccnc1. The number of rotatable bonds is 4. The molecule has 1 aromatic carbocycles. The number of halogens is 1. The van der Waals surface area contributed by atoms with Crippen LogP contribution in [0.25, 0.3) is 0 Å². The van der Waals surface area contributed by atoms with Gasteiger partial charge in [0.05, 0.1) is 6.10 Å². The molecule has 1 unspecified atom stereocenters. The van der Waals surface area contributed by atoms with E-state index in [1.165, 1.54) is 0 Å². The lowest BCUT2D eigenvalue weighted by Crippen LogP contribution is -2.13. The van der Waals surface area contributed by atoms with Gasteiger partial charge in [0.1, 0.15) is 0 Å². The first-order valence-electron chi connectivity index (χ1n) is 5.55. The molecule has 0 aliphatic heterocycles. The van der Waals surface area contributed by atoms with E-state index in [1.807, 2.05) is 36.4 Å². The van der Waals surface area contributed by atoms with Crippen molar-refractivity contribution in [1.82, 2.24) is 4.98 Å². The summed E-state index contributed by atoms with van der Waals surface area (Å²) in [5, 5.41) is 9.99. The number of hydrogen-bond acceptors (Lipinski definition) is 2. The smallest absolute Gasteiger partial charge is 0.0621 e. The highest BCUT2D eigenvalue weighted by molar-refractivity contribution is 9.10. The quantitative estimate of drug-likeness (QED) is 0.939. The van der Waals surface area contributed by atoms with E-state index in [-0.39, 0.29) is 6.10 Å². The second-order valence-electron chi connectivity index (χ2n) is 4.05. The Balaban J connectivity index is 1.93. The van der Waals surface area contributed by atoms with Gasteiger partial charge in [-0.2, -0.15) is 0 Å². The number of nitrogens with zero attached hydrogens (tertiary/aromatic N) is 1. The maximum Gasteiger partial charge on any atom is 0.0621 e. The van der Waals surface area contributed by atoms with Crippen molar-refractivity contribution in [2.75, 3.05) is 0 Å². The van der Waals surface area contributed by atoms with Crippen molar-refractivity contribution in [3.63, 3.8) is 0 Å². The molecule has 0 amide bonds. The van der Waals surface area contributed by atoms with Gasteiger partial charge in [-0.25, -0.2) is 0 Å². The lowest BCUT2D eigenvalue weighted by atomic mass is 10.0. The van der Waals surface area contributed by atoms with Gasteiger partial charge in [-0.15, -0.1) is 0 Å². The van der Waals surface area contributed by atoms with Crippen LogP contribution in [-0.4, -0.2) is 16.2 Å². The van der Waals surface area contributed by atoms with Gasteiger partial charge in [-0.1, -0.05) is 34.1 Å². The first-order valence-corrected chi connectivity index (χ1v) is 6.35. The van der Waals surface area contributed by atoms with Gasteiger partial charge in [0.25, 0.3) is 0 Å². The second-order valence-corrected chi connectivity index (χ2v) is 4.97. The fourth-order valence-corrected chi connectivity index (χ4v) is 2.02. The van der Waals surface area contributed by atoms with E-state index >= 15 is 0 Å². The molecule has 0 radical (unpaired) electrons. The highest BCUT2D eigenvalue weighted by Crippen LogP contribution is 2.13. The maximum atomic E-state index is 9.99. The first kappa shape index (κ1) is 12.3. The average molecular weight is 292 g/mol. The lowest BCUT2D eigenvalue weighted by Gasteiger charge is -2.10. The molecule has 2 rings (SSSR count). The predicted octanol–water partition coefficient (Wildman–Crippen LogP) is 2.99. The number of aliphatic hydroxyl groups is 1. The van der Waals surface area contributed by atoms with Crippen molar-refractivity contribution >= 4 is 15.9 Å². The molecule has 0 bridgehead atoms. The molecule has 3 heteroatoms. The summed E-state index contributed by atoms with van der Waals surface area (Å²) in [5.41, 5.74) is 2.21. The Morgan fingerprint density at radius 1 is 1.06 bits per heavy atom. The van der Waals surface area contributed by atoms with Crippen molar-refractivity contribution in [1.29, 1.82) is 0 Å². The minimum absolute atomic E-state index is 0.361. The van der Waals surface area contributed by atoms with Crippen LogP contribution in [0.2, 0.25) is 0 Å². The first-order chi connectivity index (χ1) is 8.24. The van der Waals surface area contributed by atoms with Gasteiger partial charge < -0.3 is 5.11 Å². The third kappa shape index (κ3) is 3.95. The molecule has 0 spiro atoms. The van der Waals surface area contributed by atoms with Crippen LogP contribution in [0, 0.1) is 0 Å². The zero-order valence-corrected chi connectivity index (χ0v) is 11.0. The Morgan fingerprint density at radius 3 is 2.41 bits per heavy atom. The highest BCUT2D eigenvalue weighted by atomic mass is 79.9. The van der Waals surface area contributed by atoms with Crippen molar-refractivity contribution in [2.45, 2.75) is 18.9 Å². The summed E-state index contributed by atoms with van der Waals surface area (Å²) >= 11 is 3.39. The van der Waals surface area contributed by atoms with Crippen molar-refractivity contribution < 1.29 is 5.11 Å². The summed E-state index contributed by atoms with van der Waals surface area (Å²) in [7, 11) is 0. The summed E-state index contributed by atoms with van der Waals surface area (Å²) in [5.74, 6) is 0. The van der Waals surface area contributed by atoms with E-state index < -0.39 is 0 Å². The topological polar surface area (TPSA) is 33.1 Å². The van der Waals surface area contributed by atoms with Crippen LogP contribution in [0.3, 0.4) is 0 Å². The van der Waals surface area contributed by atoms with E-state index in [0.717, 1.165) is 15.6 Å². The van der Waals surface area contributed by atoms with Crippen LogP contribution in [0.15, 0.2) is 53.3 Å². The molecule has 0 saturated heterocycles. The Morgan fingerprint density at radius 2 is 1.76 bits per heavy atom. The zero-order chi connectivity index (χ0) is 12.1. The Kier molecular flexibility index (Phi) is 4.29. The molecule has 88 valence electrons. The van der Waals surface area contributed by atoms with E-state index in [0.29, 0.717) is 12.8 Å². The molecular weight excluding hydrogens is 278 g/mol. The van der Waals surface area contributed by atoms with Crippen molar-refractivity contribution in [2.24, 2.45) is 0 Å². The summed E-state index contributed by atoms with van der Waals surface area (Å²) in [4.78, 5) is 4.04. The molecule has 0 fully saturated rings.